The van der Waals surface area contributed by atoms with Crippen molar-refractivity contribution >= 4 is 5.97 Å². The summed E-state index contributed by atoms with van der Waals surface area (Å²) in [4.78, 5) is 11.5. The highest BCUT2D eigenvalue weighted by Gasteiger charge is 2.02. The van der Waals surface area contributed by atoms with Crippen LogP contribution in [-0.2, 0) is 9.53 Å². The van der Waals surface area contributed by atoms with Crippen molar-refractivity contribution in [2.24, 2.45) is 5.92 Å². The van der Waals surface area contributed by atoms with E-state index in [1.54, 1.807) is 0 Å². The normalized spacial score (nSPS) is 11.1. The first-order valence-electron chi connectivity index (χ1n) is 10.3. The van der Waals surface area contributed by atoms with Crippen molar-refractivity contribution in [2.45, 2.75) is 117 Å². The molecule has 0 atom stereocenters. The highest BCUT2D eigenvalue weighted by molar-refractivity contribution is 5.69. The summed E-state index contributed by atoms with van der Waals surface area (Å²) in [5.74, 6) is 0.862. The first-order valence-corrected chi connectivity index (χ1v) is 10.3. The van der Waals surface area contributed by atoms with Crippen molar-refractivity contribution in [1.29, 1.82) is 0 Å². The average molecular weight is 327 g/mol. The summed E-state index contributed by atoms with van der Waals surface area (Å²) in [5, 5.41) is 0. The molecule has 0 radical (unpaired) electrons. The second kappa shape index (κ2) is 17.8. The van der Waals surface area contributed by atoms with Gasteiger partial charge in [0, 0.05) is 6.42 Å². The molecular weight excluding hydrogens is 284 g/mol. The number of hydrogen-bond donors (Lipinski definition) is 0. The zero-order valence-corrected chi connectivity index (χ0v) is 16.2. The first kappa shape index (κ1) is 22.5. The zero-order chi connectivity index (χ0) is 17.2. The van der Waals surface area contributed by atoms with Crippen LogP contribution in [0.5, 0.6) is 0 Å². The number of rotatable bonds is 17. The van der Waals surface area contributed by atoms with E-state index in [0.717, 1.165) is 18.8 Å². The van der Waals surface area contributed by atoms with Crippen LogP contribution in [0.1, 0.15) is 117 Å². The number of ether oxygens (including phenoxy) is 1. The summed E-state index contributed by atoms with van der Waals surface area (Å²) in [5.41, 5.74) is 0. The lowest BCUT2D eigenvalue weighted by atomic mass is 10.0. The summed E-state index contributed by atoms with van der Waals surface area (Å²) < 4.78 is 5.29. The molecule has 0 fully saturated rings. The fraction of sp³-hybridized carbons (Fsp3) is 0.952. The van der Waals surface area contributed by atoms with Gasteiger partial charge in [-0.15, -0.1) is 0 Å². The van der Waals surface area contributed by atoms with Gasteiger partial charge in [-0.25, -0.2) is 0 Å². The molecule has 0 saturated heterocycles. The molecule has 0 spiro atoms. The van der Waals surface area contributed by atoms with Crippen LogP contribution in [0, 0.1) is 5.92 Å². The highest BCUT2D eigenvalue weighted by atomic mass is 16.5. The van der Waals surface area contributed by atoms with Gasteiger partial charge in [0.15, 0.2) is 0 Å². The smallest absolute Gasteiger partial charge is 0.305 e. The molecule has 0 N–H and O–H groups in total. The minimum absolute atomic E-state index is 0.00616. The average Bonchev–Trinajstić information content (AvgIpc) is 2.52. The van der Waals surface area contributed by atoms with E-state index in [0.29, 0.717) is 13.0 Å². The topological polar surface area (TPSA) is 26.3 Å². The largest absolute Gasteiger partial charge is 0.466 e. The molecule has 0 aromatic heterocycles. The molecular formula is C21H42O2. The van der Waals surface area contributed by atoms with Crippen molar-refractivity contribution in [3.63, 3.8) is 0 Å². The summed E-state index contributed by atoms with van der Waals surface area (Å²) in [6.07, 6.45) is 18.4. The lowest BCUT2D eigenvalue weighted by Crippen LogP contribution is -2.05. The Morgan fingerprint density at radius 3 is 1.87 bits per heavy atom. The number of unbranched alkanes of at least 4 members (excludes halogenated alkanes) is 11. The van der Waals surface area contributed by atoms with Gasteiger partial charge in [0.05, 0.1) is 6.61 Å². The van der Waals surface area contributed by atoms with E-state index in [1.807, 2.05) is 0 Å². The van der Waals surface area contributed by atoms with E-state index in [9.17, 15) is 4.79 Å². The predicted octanol–water partition coefficient (Wildman–Crippen LogP) is 7.06. The third kappa shape index (κ3) is 19.4. The fourth-order valence-electron chi connectivity index (χ4n) is 2.85. The van der Waals surface area contributed by atoms with Crippen LogP contribution in [0.2, 0.25) is 0 Å². The Balaban J connectivity index is 3.13. The van der Waals surface area contributed by atoms with E-state index in [4.69, 9.17) is 4.74 Å². The van der Waals surface area contributed by atoms with Gasteiger partial charge < -0.3 is 4.74 Å². The first-order chi connectivity index (χ1) is 11.2. The molecule has 0 aliphatic heterocycles. The molecule has 23 heavy (non-hydrogen) atoms. The lowest BCUT2D eigenvalue weighted by Gasteiger charge is -2.06. The standard InChI is InChI=1S/C21H42O2/c1-4-5-6-11-15-18-21(22)23-19-16-13-10-8-7-9-12-14-17-20(2)3/h20H,4-19H2,1-3H3. The number of hydrogen-bond acceptors (Lipinski definition) is 2. The van der Waals surface area contributed by atoms with Crippen molar-refractivity contribution in [2.75, 3.05) is 6.61 Å². The van der Waals surface area contributed by atoms with Crippen LogP contribution >= 0.6 is 0 Å². The maximum Gasteiger partial charge on any atom is 0.305 e. The SMILES string of the molecule is CCCCCCCC(=O)OCCCCCCCCCCC(C)C. The second-order valence-electron chi connectivity index (χ2n) is 7.40. The van der Waals surface area contributed by atoms with E-state index < -0.39 is 0 Å². The Labute approximate surface area is 145 Å². The van der Waals surface area contributed by atoms with E-state index in [-0.39, 0.29) is 5.97 Å². The Hall–Kier alpha value is -0.530. The molecule has 2 heteroatoms. The van der Waals surface area contributed by atoms with Gasteiger partial charge in [-0.2, -0.15) is 0 Å². The monoisotopic (exact) mass is 326 g/mol. The van der Waals surface area contributed by atoms with Crippen LogP contribution < -0.4 is 0 Å². The number of carbonyl (C=O) groups excluding carboxylic acids is 1. The van der Waals surface area contributed by atoms with Gasteiger partial charge in [-0.3, -0.25) is 4.79 Å². The third-order valence-corrected chi connectivity index (χ3v) is 4.42. The summed E-state index contributed by atoms with van der Waals surface area (Å²) in [6.45, 7) is 7.45. The van der Waals surface area contributed by atoms with Crippen molar-refractivity contribution < 1.29 is 9.53 Å². The maximum absolute atomic E-state index is 11.5. The van der Waals surface area contributed by atoms with Crippen molar-refractivity contribution in [3.05, 3.63) is 0 Å². The second-order valence-corrected chi connectivity index (χ2v) is 7.40. The zero-order valence-electron chi connectivity index (χ0n) is 16.2. The highest BCUT2D eigenvalue weighted by Crippen LogP contribution is 2.12. The summed E-state index contributed by atoms with van der Waals surface area (Å²) >= 11 is 0. The maximum atomic E-state index is 11.5. The van der Waals surface area contributed by atoms with Gasteiger partial charge in [0.2, 0.25) is 0 Å². The molecule has 0 aromatic rings. The number of carbonyl (C=O) groups is 1. The van der Waals surface area contributed by atoms with E-state index >= 15 is 0 Å². The summed E-state index contributed by atoms with van der Waals surface area (Å²) in [7, 11) is 0. The molecule has 0 bridgehead atoms. The van der Waals surface area contributed by atoms with Crippen LogP contribution in [0.25, 0.3) is 0 Å². The van der Waals surface area contributed by atoms with Gasteiger partial charge >= 0.3 is 5.97 Å². The van der Waals surface area contributed by atoms with Crippen molar-refractivity contribution in [3.8, 4) is 0 Å². The third-order valence-electron chi connectivity index (χ3n) is 4.42. The minimum atomic E-state index is 0.00616. The molecule has 0 amide bonds. The van der Waals surface area contributed by atoms with E-state index in [1.165, 1.54) is 77.0 Å². The molecule has 0 unspecified atom stereocenters. The van der Waals surface area contributed by atoms with Gasteiger partial charge in [0.25, 0.3) is 0 Å². The van der Waals surface area contributed by atoms with Crippen molar-refractivity contribution in [1.82, 2.24) is 0 Å². The fourth-order valence-corrected chi connectivity index (χ4v) is 2.85. The summed E-state index contributed by atoms with van der Waals surface area (Å²) in [6, 6.07) is 0. The van der Waals surface area contributed by atoms with Crippen LogP contribution in [-0.4, -0.2) is 12.6 Å². The molecule has 0 aliphatic rings. The van der Waals surface area contributed by atoms with Gasteiger partial charge in [-0.1, -0.05) is 97.8 Å². The minimum Gasteiger partial charge on any atom is -0.466 e. The Morgan fingerprint density at radius 1 is 0.739 bits per heavy atom. The Kier molecular flexibility index (Phi) is 17.4. The molecule has 138 valence electrons. The number of esters is 1. The van der Waals surface area contributed by atoms with Gasteiger partial charge in [-0.05, 0) is 18.8 Å². The molecule has 0 aromatic carbocycles. The molecule has 0 heterocycles. The van der Waals surface area contributed by atoms with Crippen LogP contribution in [0.15, 0.2) is 0 Å². The van der Waals surface area contributed by atoms with Gasteiger partial charge in [0.1, 0.15) is 0 Å². The molecule has 0 aliphatic carbocycles. The Morgan fingerprint density at radius 2 is 1.26 bits per heavy atom. The van der Waals surface area contributed by atoms with E-state index in [2.05, 4.69) is 20.8 Å². The molecule has 2 nitrogen and oxygen atoms in total. The predicted molar refractivity (Wildman–Crippen MR) is 101 cm³/mol. The van der Waals surface area contributed by atoms with Crippen LogP contribution in [0.4, 0.5) is 0 Å². The molecule has 0 saturated carbocycles. The lowest BCUT2D eigenvalue weighted by molar-refractivity contribution is -0.143. The quantitative estimate of drug-likeness (QED) is 0.211. The van der Waals surface area contributed by atoms with Crippen LogP contribution in [0.3, 0.4) is 0 Å². The molecule has 0 rings (SSSR count). The Bertz CT molecular complexity index is 248.